The second kappa shape index (κ2) is 6.90. The lowest BCUT2D eigenvalue weighted by molar-refractivity contribution is 0.184. The van der Waals surface area contributed by atoms with Crippen molar-refractivity contribution in [2.24, 2.45) is 0 Å². The Labute approximate surface area is 159 Å². The van der Waals surface area contributed by atoms with Crippen LogP contribution in [0.4, 0.5) is 5.69 Å². The summed E-state index contributed by atoms with van der Waals surface area (Å²) in [6.45, 7) is 2.81. The zero-order valence-electron chi connectivity index (χ0n) is 14.2. The van der Waals surface area contributed by atoms with E-state index in [1.165, 1.54) is 0 Å². The van der Waals surface area contributed by atoms with E-state index in [2.05, 4.69) is 10.00 Å². The Balaban J connectivity index is 1.72. The number of rotatable bonds is 4. The molecule has 7 nitrogen and oxygen atoms in total. The van der Waals surface area contributed by atoms with Crippen molar-refractivity contribution in [3.8, 4) is 0 Å². The van der Waals surface area contributed by atoms with Crippen LogP contribution in [0.2, 0.25) is 10.0 Å². The summed E-state index contributed by atoms with van der Waals surface area (Å²) < 4.78 is 8.53. The Morgan fingerprint density at radius 1 is 1.23 bits per heavy atom. The summed E-state index contributed by atoms with van der Waals surface area (Å²) in [5.41, 5.74) is 1.49. The molecule has 1 aliphatic heterocycles. The molecule has 4 rings (SSSR count). The molecule has 9 heteroatoms. The molecule has 0 N–H and O–H groups in total. The first-order valence-electron chi connectivity index (χ1n) is 8.22. The Kier molecular flexibility index (Phi) is 4.60. The lowest BCUT2D eigenvalue weighted by Gasteiger charge is -2.31. The van der Waals surface area contributed by atoms with Crippen molar-refractivity contribution in [2.45, 2.75) is 19.6 Å². The second-order valence-electron chi connectivity index (χ2n) is 6.10. The first-order valence-corrected chi connectivity index (χ1v) is 8.98. The predicted molar refractivity (Wildman–Crippen MR) is 101 cm³/mol. The molecule has 0 aliphatic carbocycles. The average Bonchev–Trinajstić information content (AvgIpc) is 3.05. The summed E-state index contributed by atoms with van der Waals surface area (Å²) >= 11 is 12.1. The van der Waals surface area contributed by atoms with Crippen LogP contribution in [0.3, 0.4) is 0 Å². The maximum atomic E-state index is 12.8. The summed E-state index contributed by atoms with van der Waals surface area (Å²) in [5.74, 6) is 0.707. The van der Waals surface area contributed by atoms with Crippen LogP contribution in [0.1, 0.15) is 5.82 Å². The van der Waals surface area contributed by atoms with E-state index in [0.29, 0.717) is 59.7 Å². The van der Waals surface area contributed by atoms with Crippen molar-refractivity contribution in [1.29, 1.82) is 0 Å². The van der Waals surface area contributed by atoms with Gasteiger partial charge in [0, 0.05) is 25.9 Å². The SMILES string of the molecule is COCCn1ncc2c(=O)n3c(nc21)CN(c1ccc(Cl)c(Cl)c1)CC3. The first kappa shape index (κ1) is 17.3. The lowest BCUT2D eigenvalue weighted by atomic mass is 10.2. The molecule has 0 atom stereocenters. The Morgan fingerprint density at radius 3 is 2.85 bits per heavy atom. The van der Waals surface area contributed by atoms with E-state index in [9.17, 15) is 4.79 Å². The van der Waals surface area contributed by atoms with Gasteiger partial charge in [-0.05, 0) is 18.2 Å². The molecular weight excluding hydrogens is 377 g/mol. The Bertz CT molecular complexity index is 1030. The number of fused-ring (bicyclic) bond motifs is 2. The summed E-state index contributed by atoms with van der Waals surface area (Å²) in [7, 11) is 1.63. The van der Waals surface area contributed by atoms with Gasteiger partial charge >= 0.3 is 0 Å². The molecule has 0 unspecified atom stereocenters. The molecule has 0 radical (unpaired) electrons. The maximum absolute atomic E-state index is 12.8. The van der Waals surface area contributed by atoms with E-state index in [1.807, 2.05) is 12.1 Å². The number of methoxy groups -OCH3 is 1. The fraction of sp³-hybridized carbons (Fsp3) is 0.353. The van der Waals surface area contributed by atoms with Gasteiger partial charge in [0.1, 0.15) is 11.2 Å². The highest BCUT2D eigenvalue weighted by Gasteiger charge is 2.22. The molecule has 0 bridgehead atoms. The molecule has 3 aromatic rings. The summed E-state index contributed by atoms with van der Waals surface area (Å²) in [6, 6.07) is 5.53. The molecule has 136 valence electrons. The molecule has 3 heterocycles. The van der Waals surface area contributed by atoms with Crippen molar-refractivity contribution in [3.63, 3.8) is 0 Å². The van der Waals surface area contributed by atoms with Gasteiger partial charge in [0.15, 0.2) is 5.65 Å². The quantitative estimate of drug-likeness (QED) is 0.681. The molecule has 0 saturated heterocycles. The number of halogens is 2. The Hall–Kier alpha value is -2.09. The number of aromatic nitrogens is 4. The fourth-order valence-electron chi connectivity index (χ4n) is 3.16. The smallest absolute Gasteiger partial charge is 0.264 e. The highest BCUT2D eigenvalue weighted by molar-refractivity contribution is 6.42. The van der Waals surface area contributed by atoms with Crippen LogP contribution in [0.5, 0.6) is 0 Å². The third kappa shape index (κ3) is 2.96. The van der Waals surface area contributed by atoms with Crippen LogP contribution < -0.4 is 10.5 Å². The van der Waals surface area contributed by atoms with E-state index in [-0.39, 0.29) is 5.56 Å². The zero-order valence-corrected chi connectivity index (χ0v) is 15.7. The highest BCUT2D eigenvalue weighted by Crippen LogP contribution is 2.28. The van der Waals surface area contributed by atoms with Crippen molar-refractivity contribution in [1.82, 2.24) is 19.3 Å². The van der Waals surface area contributed by atoms with Crippen molar-refractivity contribution >= 4 is 39.9 Å². The van der Waals surface area contributed by atoms with Gasteiger partial charge in [-0.1, -0.05) is 23.2 Å². The molecule has 0 fully saturated rings. The minimum atomic E-state index is -0.0533. The molecular formula is C17H17Cl2N5O2. The normalized spacial score (nSPS) is 14.0. The fourth-order valence-corrected chi connectivity index (χ4v) is 3.45. The average molecular weight is 394 g/mol. The van der Waals surface area contributed by atoms with Crippen molar-refractivity contribution < 1.29 is 4.74 Å². The number of ether oxygens (including phenoxy) is 1. The van der Waals surface area contributed by atoms with Crippen molar-refractivity contribution in [2.75, 3.05) is 25.2 Å². The van der Waals surface area contributed by atoms with E-state index in [0.717, 1.165) is 5.69 Å². The van der Waals surface area contributed by atoms with Gasteiger partial charge in [0.2, 0.25) is 0 Å². The molecule has 1 aliphatic rings. The van der Waals surface area contributed by atoms with Gasteiger partial charge in [-0.15, -0.1) is 0 Å². The molecule has 2 aromatic heterocycles. The third-order valence-corrected chi connectivity index (χ3v) is 5.27. The number of hydrogen-bond donors (Lipinski definition) is 0. The minimum Gasteiger partial charge on any atom is -0.383 e. The molecule has 0 saturated carbocycles. The molecule has 0 spiro atoms. The van der Waals surface area contributed by atoms with Gasteiger partial charge in [-0.3, -0.25) is 9.36 Å². The number of benzene rings is 1. The van der Waals surface area contributed by atoms with Crippen LogP contribution in [-0.2, 0) is 24.4 Å². The Morgan fingerprint density at radius 2 is 2.08 bits per heavy atom. The number of nitrogens with zero attached hydrogens (tertiary/aromatic N) is 5. The predicted octanol–water partition coefficient (Wildman–Crippen LogP) is 2.57. The van der Waals surface area contributed by atoms with Gasteiger partial charge < -0.3 is 9.64 Å². The maximum Gasteiger partial charge on any atom is 0.264 e. The van der Waals surface area contributed by atoms with Crippen molar-refractivity contribution in [3.05, 3.63) is 50.6 Å². The van der Waals surface area contributed by atoms with Crippen LogP contribution in [0.25, 0.3) is 11.0 Å². The molecule has 26 heavy (non-hydrogen) atoms. The monoisotopic (exact) mass is 393 g/mol. The topological polar surface area (TPSA) is 65.2 Å². The van der Waals surface area contributed by atoms with E-state index in [1.54, 1.807) is 28.6 Å². The van der Waals surface area contributed by atoms with E-state index in [4.69, 9.17) is 32.9 Å². The highest BCUT2D eigenvalue weighted by atomic mass is 35.5. The summed E-state index contributed by atoms with van der Waals surface area (Å²) in [5, 5.41) is 5.84. The minimum absolute atomic E-state index is 0.0533. The van der Waals surface area contributed by atoms with Crippen LogP contribution in [0, 0.1) is 0 Å². The van der Waals surface area contributed by atoms with E-state index >= 15 is 0 Å². The largest absolute Gasteiger partial charge is 0.383 e. The van der Waals surface area contributed by atoms with Crippen LogP contribution >= 0.6 is 23.2 Å². The van der Waals surface area contributed by atoms with Crippen LogP contribution in [0.15, 0.2) is 29.2 Å². The van der Waals surface area contributed by atoms with E-state index < -0.39 is 0 Å². The second-order valence-corrected chi connectivity index (χ2v) is 6.92. The summed E-state index contributed by atoms with van der Waals surface area (Å²) in [6.07, 6.45) is 1.58. The van der Waals surface area contributed by atoms with Crippen LogP contribution in [-0.4, -0.2) is 39.6 Å². The standard InChI is InChI=1S/C17H17Cl2N5O2/c1-26-7-6-24-16-12(9-20-24)17(25)23-5-4-22(10-15(23)21-16)11-2-3-13(18)14(19)8-11/h2-3,8-9H,4-7,10H2,1H3. The first-order chi connectivity index (χ1) is 12.6. The van der Waals surface area contributed by atoms with Gasteiger partial charge in [-0.25, -0.2) is 9.67 Å². The summed E-state index contributed by atoms with van der Waals surface area (Å²) in [4.78, 5) is 19.6. The number of hydrogen-bond acceptors (Lipinski definition) is 5. The van der Waals surface area contributed by atoms with Gasteiger partial charge in [0.05, 0.1) is 35.9 Å². The lowest BCUT2D eigenvalue weighted by Crippen LogP contribution is -2.40. The zero-order chi connectivity index (χ0) is 18.3. The molecule has 1 aromatic carbocycles. The van der Waals surface area contributed by atoms with Gasteiger partial charge in [0.25, 0.3) is 5.56 Å². The number of anilines is 1. The van der Waals surface area contributed by atoms with Gasteiger partial charge in [-0.2, -0.15) is 5.10 Å². The molecule has 0 amide bonds. The third-order valence-electron chi connectivity index (χ3n) is 4.54.